The lowest BCUT2D eigenvalue weighted by atomic mass is 10.3. The first-order chi connectivity index (χ1) is 10.1. The second-order valence-corrected chi connectivity index (χ2v) is 5.46. The third kappa shape index (κ3) is 5.31. The molecule has 0 heterocycles. The third-order valence-corrected chi connectivity index (χ3v) is 3.61. The highest BCUT2D eigenvalue weighted by Crippen LogP contribution is 2.18. The Kier molecular flexibility index (Phi) is 5.40. The second-order valence-electron chi connectivity index (χ2n) is 4.41. The summed E-state index contributed by atoms with van der Waals surface area (Å²) in [5.41, 5.74) is 1.42. The molecule has 2 rings (SSSR count). The molecule has 0 aromatic heterocycles. The van der Waals surface area contributed by atoms with Gasteiger partial charge in [0.15, 0.2) is 0 Å². The smallest absolute Gasteiger partial charge is 0.234 e. The Morgan fingerprint density at radius 3 is 2.05 bits per heavy atom. The van der Waals surface area contributed by atoms with E-state index < -0.39 is 0 Å². The van der Waals surface area contributed by atoms with Crippen LogP contribution in [0.15, 0.2) is 59.5 Å². The van der Waals surface area contributed by atoms with Crippen molar-refractivity contribution >= 4 is 35.0 Å². The maximum Gasteiger partial charge on any atom is 0.234 e. The Labute approximate surface area is 127 Å². The Bertz CT molecular complexity index is 612. The number of nitrogens with one attached hydrogen (secondary N) is 2. The Morgan fingerprint density at radius 2 is 1.48 bits per heavy atom. The van der Waals surface area contributed by atoms with Crippen LogP contribution in [0.4, 0.5) is 11.4 Å². The van der Waals surface area contributed by atoms with Crippen molar-refractivity contribution in [2.24, 2.45) is 0 Å². The van der Waals surface area contributed by atoms with E-state index in [9.17, 15) is 9.59 Å². The Morgan fingerprint density at radius 1 is 0.905 bits per heavy atom. The van der Waals surface area contributed by atoms with Crippen molar-refractivity contribution in [2.45, 2.75) is 11.8 Å². The van der Waals surface area contributed by atoms with E-state index in [4.69, 9.17) is 0 Å². The standard InChI is InChI=1S/C16H16N2O2S/c1-12(19)17-13-7-9-14(10-8-13)18-16(20)11-21-15-5-3-2-4-6-15/h2-10H,11H2,1H3,(H,17,19)(H,18,20). The van der Waals surface area contributed by atoms with Crippen LogP contribution < -0.4 is 10.6 Å². The largest absolute Gasteiger partial charge is 0.326 e. The molecule has 2 aromatic rings. The highest BCUT2D eigenvalue weighted by molar-refractivity contribution is 8.00. The number of hydrogen-bond acceptors (Lipinski definition) is 3. The molecule has 0 saturated carbocycles. The van der Waals surface area contributed by atoms with Crippen molar-refractivity contribution in [3.63, 3.8) is 0 Å². The first-order valence-corrected chi connectivity index (χ1v) is 7.47. The summed E-state index contributed by atoms with van der Waals surface area (Å²) < 4.78 is 0. The van der Waals surface area contributed by atoms with Crippen molar-refractivity contribution in [1.29, 1.82) is 0 Å². The summed E-state index contributed by atoms with van der Waals surface area (Å²) in [5.74, 6) is 0.180. The first kappa shape index (κ1) is 15.1. The quantitative estimate of drug-likeness (QED) is 0.832. The molecule has 0 radical (unpaired) electrons. The molecule has 108 valence electrons. The zero-order valence-corrected chi connectivity index (χ0v) is 12.4. The molecule has 0 saturated heterocycles. The topological polar surface area (TPSA) is 58.2 Å². The zero-order valence-electron chi connectivity index (χ0n) is 11.6. The average Bonchev–Trinajstić information content (AvgIpc) is 2.48. The number of anilines is 2. The minimum atomic E-state index is -0.119. The van der Waals surface area contributed by atoms with Gasteiger partial charge in [-0.05, 0) is 36.4 Å². The van der Waals surface area contributed by atoms with Gasteiger partial charge in [0.25, 0.3) is 0 Å². The Balaban J connectivity index is 1.83. The fraction of sp³-hybridized carbons (Fsp3) is 0.125. The van der Waals surface area contributed by atoms with E-state index in [1.807, 2.05) is 30.3 Å². The Hall–Kier alpha value is -2.27. The lowest BCUT2D eigenvalue weighted by Crippen LogP contribution is -2.14. The van der Waals surface area contributed by atoms with Gasteiger partial charge >= 0.3 is 0 Å². The van der Waals surface area contributed by atoms with Crippen molar-refractivity contribution < 1.29 is 9.59 Å². The van der Waals surface area contributed by atoms with E-state index in [2.05, 4.69) is 10.6 Å². The SMILES string of the molecule is CC(=O)Nc1ccc(NC(=O)CSc2ccccc2)cc1. The van der Waals surface area contributed by atoms with Crippen LogP contribution in [0.1, 0.15) is 6.92 Å². The van der Waals surface area contributed by atoms with Gasteiger partial charge in [0.05, 0.1) is 5.75 Å². The van der Waals surface area contributed by atoms with Gasteiger partial charge in [-0.1, -0.05) is 18.2 Å². The normalized spacial score (nSPS) is 9.95. The fourth-order valence-corrected chi connectivity index (χ4v) is 2.42. The van der Waals surface area contributed by atoms with Gasteiger partial charge in [-0.2, -0.15) is 0 Å². The highest BCUT2D eigenvalue weighted by atomic mass is 32.2. The van der Waals surface area contributed by atoms with E-state index >= 15 is 0 Å². The monoisotopic (exact) mass is 300 g/mol. The number of carbonyl (C=O) groups is 2. The van der Waals surface area contributed by atoms with Crippen LogP contribution in [-0.2, 0) is 9.59 Å². The van der Waals surface area contributed by atoms with E-state index in [-0.39, 0.29) is 11.8 Å². The minimum absolute atomic E-state index is 0.0591. The van der Waals surface area contributed by atoms with E-state index in [0.29, 0.717) is 17.1 Å². The highest BCUT2D eigenvalue weighted by Gasteiger charge is 2.04. The number of hydrogen-bond donors (Lipinski definition) is 2. The van der Waals surface area contributed by atoms with Gasteiger partial charge in [0, 0.05) is 23.2 Å². The molecule has 2 aromatic carbocycles. The van der Waals surface area contributed by atoms with Crippen LogP contribution in [-0.4, -0.2) is 17.6 Å². The van der Waals surface area contributed by atoms with E-state index in [1.165, 1.54) is 18.7 Å². The lowest BCUT2D eigenvalue weighted by Gasteiger charge is -2.07. The molecule has 0 spiro atoms. The summed E-state index contributed by atoms with van der Waals surface area (Å²) in [5, 5.41) is 5.50. The third-order valence-electron chi connectivity index (χ3n) is 2.60. The average molecular weight is 300 g/mol. The van der Waals surface area contributed by atoms with E-state index in [0.717, 1.165) is 4.90 Å². The predicted molar refractivity (Wildman–Crippen MR) is 86.5 cm³/mol. The molecule has 0 atom stereocenters. The molecular weight excluding hydrogens is 284 g/mol. The predicted octanol–water partition coefficient (Wildman–Crippen LogP) is 3.38. The van der Waals surface area contributed by atoms with Gasteiger partial charge in [-0.3, -0.25) is 9.59 Å². The van der Waals surface area contributed by atoms with Crippen LogP contribution in [0, 0.1) is 0 Å². The first-order valence-electron chi connectivity index (χ1n) is 6.49. The number of carbonyl (C=O) groups excluding carboxylic acids is 2. The maximum atomic E-state index is 11.8. The van der Waals surface area contributed by atoms with Gasteiger partial charge in [0.1, 0.15) is 0 Å². The van der Waals surface area contributed by atoms with Crippen LogP contribution in [0.5, 0.6) is 0 Å². The second kappa shape index (κ2) is 7.50. The number of benzene rings is 2. The summed E-state index contributed by atoms with van der Waals surface area (Å²) in [7, 11) is 0. The van der Waals surface area contributed by atoms with Crippen molar-refractivity contribution in [1.82, 2.24) is 0 Å². The van der Waals surface area contributed by atoms with Crippen LogP contribution in [0.25, 0.3) is 0 Å². The minimum Gasteiger partial charge on any atom is -0.326 e. The maximum absolute atomic E-state index is 11.8. The summed E-state index contributed by atoms with van der Waals surface area (Å²) >= 11 is 1.49. The summed E-state index contributed by atoms with van der Waals surface area (Å²) in [6.45, 7) is 1.45. The molecule has 0 aliphatic carbocycles. The molecular formula is C16H16N2O2S. The van der Waals surface area contributed by atoms with Crippen LogP contribution in [0.2, 0.25) is 0 Å². The summed E-state index contributed by atoms with van der Waals surface area (Å²) in [6, 6.07) is 16.8. The molecule has 4 nitrogen and oxygen atoms in total. The van der Waals surface area contributed by atoms with Crippen molar-refractivity contribution in [2.75, 3.05) is 16.4 Å². The molecule has 5 heteroatoms. The molecule has 2 N–H and O–H groups in total. The molecule has 2 amide bonds. The molecule has 0 bridgehead atoms. The van der Waals surface area contributed by atoms with Crippen LogP contribution in [0.3, 0.4) is 0 Å². The van der Waals surface area contributed by atoms with Gasteiger partial charge in [-0.15, -0.1) is 11.8 Å². The molecule has 0 fully saturated rings. The number of rotatable bonds is 5. The summed E-state index contributed by atoms with van der Waals surface area (Å²) in [6.07, 6.45) is 0. The van der Waals surface area contributed by atoms with Gasteiger partial charge in [-0.25, -0.2) is 0 Å². The van der Waals surface area contributed by atoms with Crippen molar-refractivity contribution in [3.05, 3.63) is 54.6 Å². The number of amides is 2. The molecule has 0 aliphatic rings. The lowest BCUT2D eigenvalue weighted by molar-refractivity contribution is -0.114. The zero-order chi connectivity index (χ0) is 15.1. The molecule has 21 heavy (non-hydrogen) atoms. The fourth-order valence-electron chi connectivity index (χ4n) is 1.70. The van der Waals surface area contributed by atoms with Crippen molar-refractivity contribution in [3.8, 4) is 0 Å². The summed E-state index contributed by atoms with van der Waals surface area (Å²) in [4.78, 5) is 23.8. The van der Waals surface area contributed by atoms with Gasteiger partial charge in [0.2, 0.25) is 11.8 Å². The number of thioether (sulfide) groups is 1. The van der Waals surface area contributed by atoms with Gasteiger partial charge < -0.3 is 10.6 Å². The van der Waals surface area contributed by atoms with Crippen LogP contribution >= 0.6 is 11.8 Å². The molecule has 0 unspecified atom stereocenters. The van der Waals surface area contributed by atoms with E-state index in [1.54, 1.807) is 24.3 Å². The molecule has 0 aliphatic heterocycles.